The van der Waals surface area contributed by atoms with Gasteiger partial charge in [-0.2, -0.15) is 4.31 Å². The van der Waals surface area contributed by atoms with Crippen LogP contribution in [0, 0.1) is 0 Å². The third-order valence-electron chi connectivity index (χ3n) is 2.18. The number of hydrogen-bond donors (Lipinski definition) is 1. The molecule has 0 aromatic heterocycles. The average molecular weight is 245 g/mol. The molecule has 0 saturated heterocycles. The molecule has 1 aromatic carbocycles. The largest absolute Gasteiger partial charge is 0.497 e. The molecule has 16 heavy (non-hydrogen) atoms. The van der Waals surface area contributed by atoms with E-state index < -0.39 is 10.0 Å². The standard InChI is InChI=1S/C10H15NO4S/c1-11(7-8-12)16(13,14)10-5-3-9(15-2)4-6-10/h3-6,12H,7-8H2,1-2H3. The second-order valence-electron chi connectivity index (χ2n) is 3.23. The van der Waals surface area contributed by atoms with Crippen molar-refractivity contribution in [3.05, 3.63) is 24.3 Å². The van der Waals surface area contributed by atoms with Gasteiger partial charge in [-0.25, -0.2) is 8.42 Å². The van der Waals surface area contributed by atoms with E-state index in [0.717, 1.165) is 4.31 Å². The molecular formula is C10H15NO4S. The van der Waals surface area contributed by atoms with E-state index in [1.165, 1.54) is 26.3 Å². The Hall–Kier alpha value is -1.11. The fraction of sp³-hybridized carbons (Fsp3) is 0.400. The molecule has 0 aliphatic carbocycles. The molecule has 90 valence electrons. The highest BCUT2D eigenvalue weighted by molar-refractivity contribution is 7.89. The van der Waals surface area contributed by atoms with Crippen LogP contribution in [0.1, 0.15) is 0 Å². The fourth-order valence-electron chi connectivity index (χ4n) is 1.19. The van der Waals surface area contributed by atoms with Crippen LogP contribution in [0.4, 0.5) is 0 Å². The van der Waals surface area contributed by atoms with Crippen molar-refractivity contribution in [2.45, 2.75) is 4.90 Å². The summed E-state index contributed by atoms with van der Waals surface area (Å²) in [6.07, 6.45) is 0. The van der Waals surface area contributed by atoms with Gasteiger partial charge in [0, 0.05) is 13.6 Å². The summed E-state index contributed by atoms with van der Waals surface area (Å²) in [5.74, 6) is 0.601. The summed E-state index contributed by atoms with van der Waals surface area (Å²) in [5, 5.41) is 8.70. The minimum Gasteiger partial charge on any atom is -0.497 e. The molecule has 0 amide bonds. The number of aliphatic hydroxyl groups is 1. The topological polar surface area (TPSA) is 66.8 Å². The maximum Gasteiger partial charge on any atom is 0.242 e. The summed E-state index contributed by atoms with van der Waals surface area (Å²) in [4.78, 5) is 0.184. The lowest BCUT2D eigenvalue weighted by Gasteiger charge is -2.15. The molecular weight excluding hydrogens is 230 g/mol. The fourth-order valence-corrected chi connectivity index (χ4v) is 2.35. The molecule has 6 heteroatoms. The minimum atomic E-state index is -3.51. The first-order chi connectivity index (χ1) is 7.52. The molecule has 0 radical (unpaired) electrons. The Kier molecular flexibility index (Phi) is 4.28. The molecule has 1 aromatic rings. The van der Waals surface area contributed by atoms with Crippen LogP contribution in [0.2, 0.25) is 0 Å². The molecule has 1 rings (SSSR count). The van der Waals surface area contributed by atoms with Crippen LogP contribution >= 0.6 is 0 Å². The highest BCUT2D eigenvalue weighted by atomic mass is 32.2. The molecule has 0 saturated carbocycles. The number of sulfonamides is 1. The van der Waals surface area contributed by atoms with E-state index >= 15 is 0 Å². The second kappa shape index (κ2) is 5.29. The van der Waals surface area contributed by atoms with E-state index in [0.29, 0.717) is 5.75 Å². The predicted octanol–water partition coefficient (Wildman–Crippen LogP) is 0.308. The highest BCUT2D eigenvalue weighted by Gasteiger charge is 2.19. The minimum absolute atomic E-state index is 0.0777. The van der Waals surface area contributed by atoms with Gasteiger partial charge in [0.15, 0.2) is 0 Å². The van der Waals surface area contributed by atoms with Gasteiger partial charge in [0.25, 0.3) is 0 Å². The number of hydrogen-bond acceptors (Lipinski definition) is 4. The Balaban J connectivity index is 2.98. The van der Waals surface area contributed by atoms with Crippen LogP contribution in [0.3, 0.4) is 0 Å². The number of likely N-dealkylation sites (N-methyl/N-ethyl adjacent to an activating group) is 1. The Labute approximate surface area is 95.3 Å². The van der Waals surface area contributed by atoms with E-state index in [2.05, 4.69) is 0 Å². The van der Waals surface area contributed by atoms with Crippen LogP contribution in [0.25, 0.3) is 0 Å². The van der Waals surface area contributed by atoms with E-state index in [-0.39, 0.29) is 18.0 Å². The lowest BCUT2D eigenvalue weighted by molar-refractivity contribution is 0.266. The number of ether oxygens (including phenoxy) is 1. The molecule has 0 atom stereocenters. The van der Waals surface area contributed by atoms with Gasteiger partial charge in [0.05, 0.1) is 18.6 Å². The van der Waals surface area contributed by atoms with Gasteiger partial charge in [-0.3, -0.25) is 0 Å². The molecule has 0 spiro atoms. The van der Waals surface area contributed by atoms with Crippen molar-refractivity contribution in [3.63, 3.8) is 0 Å². The van der Waals surface area contributed by atoms with Gasteiger partial charge in [0.1, 0.15) is 5.75 Å². The van der Waals surface area contributed by atoms with Crippen molar-refractivity contribution >= 4 is 10.0 Å². The van der Waals surface area contributed by atoms with Crippen molar-refractivity contribution in [1.82, 2.24) is 4.31 Å². The van der Waals surface area contributed by atoms with Gasteiger partial charge in [-0.15, -0.1) is 0 Å². The molecule has 5 nitrogen and oxygen atoms in total. The Morgan fingerprint density at radius 3 is 2.31 bits per heavy atom. The van der Waals surface area contributed by atoms with Crippen LogP contribution in [0.5, 0.6) is 5.75 Å². The normalized spacial score (nSPS) is 11.8. The van der Waals surface area contributed by atoms with Gasteiger partial charge in [-0.1, -0.05) is 0 Å². The molecule has 1 N–H and O–H groups in total. The first kappa shape index (κ1) is 13.0. The predicted molar refractivity (Wildman–Crippen MR) is 59.9 cm³/mol. The monoisotopic (exact) mass is 245 g/mol. The lowest BCUT2D eigenvalue weighted by Crippen LogP contribution is -2.29. The van der Waals surface area contributed by atoms with Crippen LogP contribution in [-0.4, -0.2) is 45.1 Å². The molecule has 0 fully saturated rings. The Bertz CT molecular complexity index is 427. The van der Waals surface area contributed by atoms with E-state index in [1.54, 1.807) is 12.1 Å². The summed E-state index contributed by atoms with van der Waals surface area (Å²) in [6.45, 7) is -0.125. The molecule has 0 unspecified atom stereocenters. The average Bonchev–Trinajstić information content (AvgIpc) is 2.29. The first-order valence-electron chi connectivity index (χ1n) is 4.73. The van der Waals surface area contributed by atoms with Gasteiger partial charge in [0.2, 0.25) is 10.0 Å². The van der Waals surface area contributed by atoms with Gasteiger partial charge in [-0.05, 0) is 24.3 Å². The number of nitrogens with zero attached hydrogens (tertiary/aromatic N) is 1. The van der Waals surface area contributed by atoms with Crippen molar-refractivity contribution in [2.75, 3.05) is 27.3 Å². The van der Waals surface area contributed by atoms with Crippen LogP contribution < -0.4 is 4.74 Å². The first-order valence-corrected chi connectivity index (χ1v) is 6.17. The summed E-state index contributed by atoms with van der Waals surface area (Å²) in [5.41, 5.74) is 0. The summed E-state index contributed by atoms with van der Waals surface area (Å²) in [6, 6.07) is 6.11. The lowest BCUT2D eigenvalue weighted by atomic mass is 10.3. The Morgan fingerprint density at radius 1 is 1.31 bits per heavy atom. The molecule has 0 aliphatic rings. The van der Waals surface area contributed by atoms with Crippen molar-refractivity contribution in [3.8, 4) is 5.75 Å². The molecule has 0 bridgehead atoms. The maximum absolute atomic E-state index is 11.9. The zero-order chi connectivity index (χ0) is 12.2. The van der Waals surface area contributed by atoms with E-state index in [9.17, 15) is 8.42 Å². The zero-order valence-corrected chi connectivity index (χ0v) is 10.1. The van der Waals surface area contributed by atoms with Gasteiger partial charge < -0.3 is 9.84 Å². The van der Waals surface area contributed by atoms with E-state index in [4.69, 9.17) is 9.84 Å². The Morgan fingerprint density at radius 2 is 1.88 bits per heavy atom. The summed E-state index contributed by atoms with van der Waals surface area (Å²) in [7, 11) is -0.567. The third-order valence-corrected chi connectivity index (χ3v) is 4.05. The van der Waals surface area contributed by atoms with E-state index in [1.807, 2.05) is 0 Å². The van der Waals surface area contributed by atoms with Gasteiger partial charge >= 0.3 is 0 Å². The maximum atomic E-state index is 11.9. The summed E-state index contributed by atoms with van der Waals surface area (Å²) < 4.78 is 29.8. The zero-order valence-electron chi connectivity index (χ0n) is 9.25. The highest BCUT2D eigenvalue weighted by Crippen LogP contribution is 2.18. The number of aliphatic hydroxyl groups excluding tert-OH is 1. The number of benzene rings is 1. The smallest absolute Gasteiger partial charge is 0.242 e. The van der Waals surface area contributed by atoms with Crippen molar-refractivity contribution in [1.29, 1.82) is 0 Å². The van der Waals surface area contributed by atoms with Crippen molar-refractivity contribution < 1.29 is 18.3 Å². The van der Waals surface area contributed by atoms with Crippen molar-refractivity contribution in [2.24, 2.45) is 0 Å². The van der Waals surface area contributed by atoms with Crippen LogP contribution in [-0.2, 0) is 10.0 Å². The number of rotatable bonds is 5. The molecule has 0 aliphatic heterocycles. The quantitative estimate of drug-likeness (QED) is 0.810. The van der Waals surface area contributed by atoms with Crippen LogP contribution in [0.15, 0.2) is 29.2 Å². The number of methoxy groups -OCH3 is 1. The third kappa shape index (κ3) is 2.72. The summed E-state index contributed by atoms with van der Waals surface area (Å²) >= 11 is 0. The molecule has 0 heterocycles. The SMILES string of the molecule is COc1ccc(S(=O)(=O)N(C)CCO)cc1. The second-order valence-corrected chi connectivity index (χ2v) is 5.27.